The lowest BCUT2D eigenvalue weighted by Gasteiger charge is -2.57. The lowest BCUT2D eigenvalue weighted by Crippen LogP contribution is -2.49. The maximum absolute atomic E-state index is 9.14. The van der Waals surface area contributed by atoms with E-state index in [1.165, 1.54) is 38.5 Å². The van der Waals surface area contributed by atoms with Crippen LogP contribution >= 0.6 is 22.6 Å². The van der Waals surface area contributed by atoms with Gasteiger partial charge < -0.3 is 0 Å². The summed E-state index contributed by atoms with van der Waals surface area (Å²) in [5.41, 5.74) is 0.435. The molecule has 0 aromatic carbocycles. The van der Waals surface area contributed by atoms with Gasteiger partial charge in [0.05, 0.1) is 6.07 Å². The predicted octanol–water partition coefficient (Wildman–Crippen LogP) is 3.53. The van der Waals surface area contributed by atoms with Crippen molar-refractivity contribution >= 4 is 22.6 Å². The van der Waals surface area contributed by atoms with Crippen molar-refractivity contribution < 1.29 is 0 Å². The Balaban J connectivity index is 1.91. The minimum absolute atomic E-state index is 0.272. The van der Waals surface area contributed by atoms with E-state index in [2.05, 4.69) is 28.7 Å². The van der Waals surface area contributed by atoms with Crippen LogP contribution < -0.4 is 0 Å². The molecule has 0 aromatic heterocycles. The first-order valence-corrected chi connectivity index (χ1v) is 7.00. The molecule has 4 aliphatic carbocycles. The summed E-state index contributed by atoms with van der Waals surface area (Å²) >= 11 is 2.39. The highest BCUT2D eigenvalue weighted by atomic mass is 127. The molecular formula is C12H16IN. The third-order valence-corrected chi connectivity index (χ3v) is 6.34. The number of hydrogen-bond acceptors (Lipinski definition) is 1. The van der Waals surface area contributed by atoms with Gasteiger partial charge in [-0.05, 0) is 61.7 Å². The van der Waals surface area contributed by atoms with E-state index >= 15 is 0 Å². The van der Waals surface area contributed by atoms with Crippen molar-refractivity contribution in [2.75, 3.05) is 0 Å². The normalized spacial score (nSPS) is 51.6. The predicted molar refractivity (Wildman–Crippen MR) is 64.0 cm³/mol. The van der Waals surface area contributed by atoms with Crippen LogP contribution in [0.1, 0.15) is 38.5 Å². The van der Waals surface area contributed by atoms with Crippen LogP contribution in [-0.2, 0) is 0 Å². The molecule has 4 rings (SSSR count). The van der Waals surface area contributed by atoms with Crippen LogP contribution in [-0.4, -0.2) is 3.92 Å². The standard InChI is InChI=1S/C12H16IN/c13-11(7-14)12-4-8-1-9(5-12)3-10(2-8)6-12/h8-11H,1-6H2. The van der Waals surface area contributed by atoms with E-state index in [-0.39, 0.29) is 3.92 Å². The van der Waals surface area contributed by atoms with Crippen molar-refractivity contribution in [2.24, 2.45) is 23.2 Å². The van der Waals surface area contributed by atoms with Crippen LogP contribution in [0, 0.1) is 34.5 Å². The molecule has 76 valence electrons. The van der Waals surface area contributed by atoms with E-state index < -0.39 is 0 Å². The molecule has 0 spiro atoms. The molecule has 4 bridgehead atoms. The zero-order chi connectivity index (χ0) is 9.76. The number of halogens is 1. The zero-order valence-corrected chi connectivity index (χ0v) is 10.5. The number of hydrogen-bond donors (Lipinski definition) is 0. The minimum atomic E-state index is 0.272. The SMILES string of the molecule is N#CC(I)C12CC3CC(CC(C3)C1)C2. The Morgan fingerprint density at radius 1 is 1.07 bits per heavy atom. The Morgan fingerprint density at radius 2 is 1.50 bits per heavy atom. The Hall–Kier alpha value is 0.220. The Labute approximate surface area is 99.4 Å². The first-order chi connectivity index (χ1) is 6.72. The van der Waals surface area contributed by atoms with Crippen molar-refractivity contribution in [3.8, 4) is 6.07 Å². The largest absolute Gasteiger partial charge is 0.197 e. The molecule has 1 unspecified atom stereocenters. The molecule has 0 aromatic rings. The fourth-order valence-corrected chi connectivity index (χ4v) is 5.39. The molecule has 4 aliphatic rings. The molecule has 0 amide bonds. The van der Waals surface area contributed by atoms with E-state index in [1.807, 2.05) is 0 Å². The number of nitrogens with zero attached hydrogens (tertiary/aromatic N) is 1. The lowest BCUT2D eigenvalue weighted by molar-refractivity contribution is -0.0444. The maximum Gasteiger partial charge on any atom is 0.103 e. The number of rotatable bonds is 1. The van der Waals surface area contributed by atoms with Crippen LogP contribution in [0.4, 0.5) is 0 Å². The quantitative estimate of drug-likeness (QED) is 0.537. The van der Waals surface area contributed by atoms with E-state index in [9.17, 15) is 0 Å². The number of alkyl halides is 1. The van der Waals surface area contributed by atoms with E-state index in [0.29, 0.717) is 5.41 Å². The summed E-state index contributed by atoms with van der Waals surface area (Å²) in [5.74, 6) is 2.94. The molecule has 1 atom stereocenters. The molecule has 14 heavy (non-hydrogen) atoms. The summed E-state index contributed by atoms with van der Waals surface area (Å²) < 4.78 is 0.272. The molecule has 4 fully saturated rings. The third kappa shape index (κ3) is 1.24. The first kappa shape index (κ1) is 9.45. The minimum Gasteiger partial charge on any atom is -0.197 e. The van der Waals surface area contributed by atoms with Gasteiger partial charge in [-0.2, -0.15) is 5.26 Å². The van der Waals surface area contributed by atoms with Gasteiger partial charge in [0.1, 0.15) is 3.92 Å². The van der Waals surface area contributed by atoms with Gasteiger partial charge in [-0.25, -0.2) is 0 Å². The average molecular weight is 301 g/mol. The summed E-state index contributed by atoms with van der Waals surface area (Å²) in [6, 6.07) is 2.51. The molecule has 1 nitrogen and oxygen atoms in total. The zero-order valence-electron chi connectivity index (χ0n) is 8.38. The van der Waals surface area contributed by atoms with Crippen molar-refractivity contribution in [3.05, 3.63) is 0 Å². The van der Waals surface area contributed by atoms with E-state index in [4.69, 9.17) is 5.26 Å². The fourth-order valence-electron chi connectivity index (χ4n) is 4.62. The first-order valence-electron chi connectivity index (χ1n) is 5.75. The van der Waals surface area contributed by atoms with Crippen LogP contribution in [0.3, 0.4) is 0 Å². The lowest BCUT2D eigenvalue weighted by atomic mass is 9.49. The second-order valence-electron chi connectivity index (χ2n) is 5.77. The van der Waals surface area contributed by atoms with Gasteiger partial charge in [0.2, 0.25) is 0 Å². The van der Waals surface area contributed by atoms with Crippen molar-refractivity contribution in [1.29, 1.82) is 5.26 Å². The van der Waals surface area contributed by atoms with Crippen LogP contribution in [0.25, 0.3) is 0 Å². The highest BCUT2D eigenvalue weighted by Crippen LogP contribution is 2.62. The summed E-state index contributed by atoms with van der Waals surface area (Å²) in [7, 11) is 0. The highest BCUT2D eigenvalue weighted by molar-refractivity contribution is 14.1. The monoisotopic (exact) mass is 301 g/mol. The van der Waals surface area contributed by atoms with Gasteiger partial charge >= 0.3 is 0 Å². The summed E-state index contributed by atoms with van der Waals surface area (Å²) in [5, 5.41) is 9.14. The summed E-state index contributed by atoms with van der Waals surface area (Å²) in [6.07, 6.45) is 8.52. The molecular weight excluding hydrogens is 285 g/mol. The number of nitriles is 1. The highest BCUT2D eigenvalue weighted by Gasteiger charge is 2.53. The maximum atomic E-state index is 9.14. The second kappa shape index (κ2) is 3.10. The van der Waals surface area contributed by atoms with Gasteiger partial charge in [-0.1, -0.05) is 22.6 Å². The molecule has 2 heteroatoms. The second-order valence-corrected chi connectivity index (χ2v) is 7.02. The van der Waals surface area contributed by atoms with Gasteiger partial charge in [0.15, 0.2) is 0 Å². The van der Waals surface area contributed by atoms with Crippen LogP contribution in [0.15, 0.2) is 0 Å². The topological polar surface area (TPSA) is 23.8 Å². The molecule has 0 radical (unpaired) electrons. The van der Waals surface area contributed by atoms with Crippen molar-refractivity contribution in [1.82, 2.24) is 0 Å². The Morgan fingerprint density at radius 3 is 1.86 bits per heavy atom. The van der Waals surface area contributed by atoms with Gasteiger partial charge in [0, 0.05) is 0 Å². The molecule has 0 N–H and O–H groups in total. The Kier molecular flexibility index (Phi) is 2.09. The summed E-state index contributed by atoms with van der Waals surface area (Å²) in [4.78, 5) is 0. The van der Waals surface area contributed by atoms with Crippen molar-refractivity contribution in [3.63, 3.8) is 0 Å². The fraction of sp³-hybridized carbons (Fsp3) is 0.917. The van der Waals surface area contributed by atoms with Crippen LogP contribution in [0.5, 0.6) is 0 Å². The van der Waals surface area contributed by atoms with Gasteiger partial charge in [-0.3, -0.25) is 0 Å². The summed E-state index contributed by atoms with van der Waals surface area (Å²) in [6.45, 7) is 0. The van der Waals surface area contributed by atoms with E-state index in [1.54, 1.807) is 0 Å². The van der Waals surface area contributed by atoms with Crippen molar-refractivity contribution in [2.45, 2.75) is 42.4 Å². The van der Waals surface area contributed by atoms with Crippen LogP contribution in [0.2, 0.25) is 0 Å². The average Bonchev–Trinajstić information content (AvgIpc) is 2.14. The van der Waals surface area contributed by atoms with E-state index in [0.717, 1.165) is 17.8 Å². The Bertz CT molecular complexity index is 256. The van der Waals surface area contributed by atoms with Gasteiger partial charge in [0.25, 0.3) is 0 Å². The van der Waals surface area contributed by atoms with Gasteiger partial charge in [-0.15, -0.1) is 0 Å². The smallest absolute Gasteiger partial charge is 0.103 e. The third-order valence-electron chi connectivity index (χ3n) is 4.74. The molecule has 0 aliphatic heterocycles. The molecule has 0 saturated heterocycles. The molecule has 0 heterocycles. The molecule has 4 saturated carbocycles.